The predicted octanol–water partition coefficient (Wildman–Crippen LogP) is 3.00. The summed E-state index contributed by atoms with van der Waals surface area (Å²) in [5, 5.41) is 10.5. The highest BCUT2D eigenvalue weighted by Gasteiger charge is 2.17. The highest BCUT2D eigenvalue weighted by molar-refractivity contribution is 6.02. The molecule has 4 aromatic rings. The summed E-state index contributed by atoms with van der Waals surface area (Å²) in [6.45, 7) is 5.18. The van der Waals surface area contributed by atoms with Crippen LogP contribution in [0.4, 0.5) is 22.9 Å². The molecule has 2 N–H and O–H groups in total. The number of imidazole rings is 1. The van der Waals surface area contributed by atoms with E-state index in [1.165, 1.54) is 6.08 Å². The molecule has 0 fully saturated rings. The fourth-order valence-corrected chi connectivity index (χ4v) is 3.76. The Morgan fingerprint density at radius 1 is 1.11 bits per heavy atom. The van der Waals surface area contributed by atoms with Crippen molar-refractivity contribution >= 4 is 34.4 Å². The molecule has 1 amide bonds. The summed E-state index contributed by atoms with van der Waals surface area (Å²) in [7, 11) is 9.50. The van der Waals surface area contributed by atoms with Crippen LogP contribution in [0, 0.1) is 0 Å². The monoisotopic (exact) mass is 489 g/mol. The number of nitrogens with zero attached hydrogens (tertiary/aromatic N) is 7. The van der Waals surface area contributed by atoms with Crippen molar-refractivity contribution < 1.29 is 9.53 Å². The standard InChI is InChI=1S/C25H31N9O2/c1-7-25(35)30-18-10-19(22(36-6)11-20(18)32(4)9-8-31(2)3)29-23-16-34-21(13-27-24(34)14-26-23)17-12-28-33(5)15-17/h7,10-16,29H,1,8-9H2,2-6H3,(H,30,35). The molecule has 0 aliphatic rings. The fraction of sp³-hybridized carbons (Fsp3) is 0.280. The lowest BCUT2D eigenvalue weighted by Gasteiger charge is -2.26. The number of ether oxygens (including phenoxy) is 1. The maximum atomic E-state index is 12.2. The zero-order valence-electron chi connectivity index (χ0n) is 21.2. The number of carbonyl (C=O) groups excluding carboxylic acids is 1. The van der Waals surface area contributed by atoms with E-state index in [0.29, 0.717) is 28.6 Å². The number of amides is 1. The molecule has 3 aromatic heterocycles. The van der Waals surface area contributed by atoms with Crippen LogP contribution < -0.4 is 20.3 Å². The highest BCUT2D eigenvalue weighted by Crippen LogP contribution is 2.38. The summed E-state index contributed by atoms with van der Waals surface area (Å²) in [6, 6.07) is 3.73. The number of methoxy groups -OCH3 is 1. The Labute approximate surface area is 210 Å². The number of likely N-dealkylation sites (N-methyl/N-ethyl adjacent to an activating group) is 2. The zero-order valence-corrected chi connectivity index (χ0v) is 21.2. The number of anilines is 4. The number of nitrogens with one attached hydrogen (secondary N) is 2. The third-order valence-corrected chi connectivity index (χ3v) is 5.71. The smallest absolute Gasteiger partial charge is 0.247 e. The summed E-state index contributed by atoms with van der Waals surface area (Å²) in [4.78, 5) is 25.3. The van der Waals surface area contributed by atoms with E-state index in [-0.39, 0.29) is 5.91 Å². The van der Waals surface area contributed by atoms with Gasteiger partial charge in [0.2, 0.25) is 5.91 Å². The number of hydrogen-bond donors (Lipinski definition) is 2. The minimum atomic E-state index is -0.299. The number of aromatic nitrogens is 5. The quantitative estimate of drug-likeness (QED) is 0.328. The van der Waals surface area contributed by atoms with E-state index in [9.17, 15) is 4.79 Å². The summed E-state index contributed by atoms with van der Waals surface area (Å²) < 4.78 is 9.39. The lowest BCUT2D eigenvalue weighted by atomic mass is 10.2. The van der Waals surface area contributed by atoms with Gasteiger partial charge in [0.05, 0.1) is 54.7 Å². The molecule has 0 saturated carbocycles. The maximum absolute atomic E-state index is 12.2. The number of carbonyl (C=O) groups is 1. The van der Waals surface area contributed by atoms with Gasteiger partial charge in [-0.25, -0.2) is 9.97 Å². The Morgan fingerprint density at radius 2 is 1.92 bits per heavy atom. The maximum Gasteiger partial charge on any atom is 0.247 e. The van der Waals surface area contributed by atoms with Gasteiger partial charge in [0, 0.05) is 45.0 Å². The van der Waals surface area contributed by atoms with Gasteiger partial charge in [-0.3, -0.25) is 13.9 Å². The van der Waals surface area contributed by atoms with E-state index in [2.05, 4.69) is 42.1 Å². The molecule has 4 rings (SSSR count). The first-order valence-corrected chi connectivity index (χ1v) is 11.4. The molecule has 188 valence electrons. The molecule has 0 radical (unpaired) electrons. The van der Waals surface area contributed by atoms with Gasteiger partial charge in [-0.2, -0.15) is 5.10 Å². The largest absolute Gasteiger partial charge is 0.494 e. The average Bonchev–Trinajstić information content (AvgIpc) is 3.48. The van der Waals surface area contributed by atoms with E-state index in [1.807, 2.05) is 57.1 Å². The molecule has 0 unspecified atom stereocenters. The van der Waals surface area contributed by atoms with Gasteiger partial charge in [-0.05, 0) is 26.2 Å². The Morgan fingerprint density at radius 3 is 2.58 bits per heavy atom. The van der Waals surface area contributed by atoms with Gasteiger partial charge < -0.3 is 25.2 Å². The Hall–Kier alpha value is -4.38. The van der Waals surface area contributed by atoms with Crippen LogP contribution in [0.2, 0.25) is 0 Å². The van der Waals surface area contributed by atoms with Crippen LogP contribution in [-0.4, -0.2) is 76.3 Å². The number of benzene rings is 1. The van der Waals surface area contributed by atoms with Crippen LogP contribution in [0.3, 0.4) is 0 Å². The van der Waals surface area contributed by atoms with Crippen molar-refractivity contribution in [3.8, 4) is 17.0 Å². The van der Waals surface area contributed by atoms with Gasteiger partial charge in [-0.15, -0.1) is 0 Å². The average molecular weight is 490 g/mol. The number of fused-ring (bicyclic) bond motifs is 1. The van der Waals surface area contributed by atoms with Gasteiger partial charge in [0.15, 0.2) is 5.65 Å². The molecule has 36 heavy (non-hydrogen) atoms. The highest BCUT2D eigenvalue weighted by atomic mass is 16.5. The molecule has 0 spiro atoms. The van der Waals surface area contributed by atoms with E-state index >= 15 is 0 Å². The van der Waals surface area contributed by atoms with Crippen molar-refractivity contribution in [2.75, 3.05) is 56.9 Å². The molecule has 0 saturated heterocycles. The number of hydrogen-bond acceptors (Lipinski definition) is 8. The van der Waals surface area contributed by atoms with Gasteiger partial charge in [-0.1, -0.05) is 6.58 Å². The van der Waals surface area contributed by atoms with Crippen molar-refractivity contribution in [3.05, 3.63) is 55.8 Å². The molecular formula is C25H31N9O2. The molecule has 3 heterocycles. The van der Waals surface area contributed by atoms with Crippen molar-refractivity contribution in [3.63, 3.8) is 0 Å². The van der Waals surface area contributed by atoms with Crippen molar-refractivity contribution in [2.45, 2.75) is 0 Å². The predicted molar refractivity (Wildman–Crippen MR) is 142 cm³/mol. The SMILES string of the molecule is C=CC(=O)Nc1cc(Nc2cn3c(-c4cnn(C)c4)cnc3cn2)c(OC)cc1N(C)CCN(C)C. The molecule has 1 aromatic carbocycles. The van der Waals surface area contributed by atoms with Crippen LogP contribution >= 0.6 is 0 Å². The molecule has 0 aliphatic heterocycles. The molecule has 0 bridgehead atoms. The topological polar surface area (TPSA) is 105 Å². The van der Waals surface area contributed by atoms with Gasteiger partial charge in [0.1, 0.15) is 11.6 Å². The van der Waals surface area contributed by atoms with Crippen LogP contribution in [0.5, 0.6) is 5.75 Å². The lowest BCUT2D eigenvalue weighted by molar-refractivity contribution is -0.111. The fourth-order valence-electron chi connectivity index (χ4n) is 3.76. The van der Waals surface area contributed by atoms with Gasteiger partial charge in [0.25, 0.3) is 0 Å². The zero-order chi connectivity index (χ0) is 25.8. The third kappa shape index (κ3) is 5.31. The van der Waals surface area contributed by atoms with Crippen LogP contribution in [0.15, 0.2) is 55.8 Å². The van der Waals surface area contributed by atoms with Crippen LogP contribution in [-0.2, 0) is 11.8 Å². The number of rotatable bonds is 10. The molecule has 11 heteroatoms. The second-order valence-electron chi connectivity index (χ2n) is 8.66. The van der Waals surface area contributed by atoms with Gasteiger partial charge >= 0.3 is 0 Å². The Bertz CT molecular complexity index is 1390. The van der Waals surface area contributed by atoms with E-state index in [4.69, 9.17) is 4.74 Å². The molecule has 11 nitrogen and oxygen atoms in total. The first kappa shape index (κ1) is 24.7. The minimum absolute atomic E-state index is 0.299. The molecular weight excluding hydrogens is 458 g/mol. The molecule has 0 aliphatic carbocycles. The summed E-state index contributed by atoms with van der Waals surface area (Å²) in [5.41, 5.74) is 4.65. The Kier molecular flexibility index (Phi) is 7.20. The summed E-state index contributed by atoms with van der Waals surface area (Å²) >= 11 is 0. The number of aryl methyl sites for hydroxylation is 1. The normalized spacial score (nSPS) is 11.1. The second kappa shape index (κ2) is 10.5. The van der Waals surface area contributed by atoms with Crippen molar-refractivity contribution in [2.24, 2.45) is 7.05 Å². The van der Waals surface area contributed by atoms with Crippen molar-refractivity contribution in [1.82, 2.24) is 29.0 Å². The molecule has 0 atom stereocenters. The lowest BCUT2D eigenvalue weighted by Crippen LogP contribution is -2.29. The summed E-state index contributed by atoms with van der Waals surface area (Å²) in [6.07, 6.45) is 10.3. The minimum Gasteiger partial charge on any atom is -0.494 e. The van der Waals surface area contributed by atoms with Crippen LogP contribution in [0.25, 0.3) is 16.9 Å². The van der Waals surface area contributed by atoms with E-state index in [0.717, 1.165) is 30.0 Å². The van der Waals surface area contributed by atoms with Crippen LogP contribution in [0.1, 0.15) is 0 Å². The second-order valence-corrected chi connectivity index (χ2v) is 8.66. The van der Waals surface area contributed by atoms with E-state index in [1.54, 1.807) is 30.4 Å². The van der Waals surface area contributed by atoms with E-state index < -0.39 is 0 Å². The third-order valence-electron chi connectivity index (χ3n) is 5.71. The summed E-state index contributed by atoms with van der Waals surface area (Å²) in [5.74, 6) is 0.893. The van der Waals surface area contributed by atoms with Crippen molar-refractivity contribution in [1.29, 1.82) is 0 Å². The first-order chi connectivity index (χ1) is 17.3. The Balaban J connectivity index is 1.71. The first-order valence-electron chi connectivity index (χ1n) is 11.4.